The van der Waals surface area contributed by atoms with Crippen LogP contribution in [0.25, 0.3) is 0 Å². The van der Waals surface area contributed by atoms with Gasteiger partial charge in [0.15, 0.2) is 0 Å². The molecule has 34 valence electrons. The molecule has 0 amide bonds. The van der Waals surface area contributed by atoms with Crippen molar-refractivity contribution in [3.63, 3.8) is 0 Å². The van der Waals surface area contributed by atoms with Crippen LogP contribution in [-0.4, -0.2) is 21.7 Å². The molecule has 0 aromatic rings. The maximum absolute atomic E-state index is 8.82. The number of rotatable bonds is 0. The molecule has 4 nitrogen and oxygen atoms in total. The minimum Gasteiger partial charge on any atom is 0 e. The molecule has 0 aromatic heterocycles. The summed E-state index contributed by atoms with van der Waals surface area (Å²) in [6, 6.07) is 0. The van der Waals surface area contributed by atoms with E-state index < -0.39 is 13.4 Å². The Morgan fingerprint density at radius 2 is 1.17 bits per heavy atom. The van der Waals surface area contributed by atoms with Crippen molar-refractivity contribution in [2.24, 2.45) is 0 Å². The first-order valence-electron chi connectivity index (χ1n) is 0.698. The van der Waals surface area contributed by atoms with E-state index in [1.165, 1.54) is 0 Å². The molecule has 0 atom stereocenters. The molecule has 0 aliphatic carbocycles. The van der Waals surface area contributed by atoms with E-state index in [2.05, 4.69) is 0 Å². The summed E-state index contributed by atoms with van der Waals surface area (Å²) in [7, 11) is 0. The molecule has 6 heavy (non-hydrogen) atoms. The summed E-state index contributed by atoms with van der Waals surface area (Å²) < 4.78 is 31.9. The first kappa shape index (κ1) is 10.1. The minimum absolute atomic E-state index is 0. The van der Waals surface area contributed by atoms with E-state index >= 15 is 0 Å². The largest absolute Gasteiger partial charge is 0 e. The third-order valence-electron chi connectivity index (χ3n) is 0. The maximum Gasteiger partial charge on any atom is 0 e. The van der Waals surface area contributed by atoms with Crippen molar-refractivity contribution in [2.75, 3.05) is 0 Å². The smallest absolute Gasteiger partial charge is 0 e. The standard InChI is InChI=1S/Hg.H2O4Se/c;1-5(2,3)4/h;(H2,1,2,3,4). The Balaban J connectivity index is 0. The van der Waals surface area contributed by atoms with Crippen LogP contribution in [-0.2, 0) is 35.3 Å². The molecular weight excluding hydrogens is 344 g/mol. The van der Waals surface area contributed by atoms with Crippen molar-refractivity contribution in [2.45, 2.75) is 0 Å². The van der Waals surface area contributed by atoms with Crippen LogP contribution in [0.4, 0.5) is 0 Å². The fraction of sp³-hybridized carbons (Fsp3) is 0. The number of hydrogen-bond acceptors (Lipinski definition) is 2. The van der Waals surface area contributed by atoms with Gasteiger partial charge in [0.05, 0.1) is 0 Å². The van der Waals surface area contributed by atoms with E-state index in [1.807, 2.05) is 0 Å². The summed E-state index contributed by atoms with van der Waals surface area (Å²) in [5.74, 6) is 0. The average Bonchev–Trinajstić information content (AvgIpc) is 0.722. The SMILES string of the molecule is O=[Se](=O)(O)O.[Hg]. The third-order valence-corrected chi connectivity index (χ3v) is 0. The Hall–Kier alpha value is 0.975. The molecule has 0 saturated carbocycles. The molecule has 0 spiro atoms. The minimum atomic E-state index is -5.25. The van der Waals surface area contributed by atoms with Gasteiger partial charge in [-0.05, 0) is 0 Å². The summed E-state index contributed by atoms with van der Waals surface area (Å²) >= 11 is -5.25. The molecular formula is H2HgO4Se. The van der Waals surface area contributed by atoms with E-state index in [9.17, 15) is 0 Å². The molecule has 0 heterocycles. The molecule has 0 aromatic carbocycles. The molecule has 0 rings (SSSR count). The summed E-state index contributed by atoms with van der Waals surface area (Å²) in [6.07, 6.45) is 0. The van der Waals surface area contributed by atoms with Gasteiger partial charge in [0, 0.05) is 27.7 Å². The summed E-state index contributed by atoms with van der Waals surface area (Å²) in [6.45, 7) is 0. The Bertz CT molecular complexity index is 90.7. The van der Waals surface area contributed by atoms with Gasteiger partial charge in [0.25, 0.3) is 0 Å². The van der Waals surface area contributed by atoms with Crippen molar-refractivity contribution in [3.05, 3.63) is 0 Å². The molecule has 0 bridgehead atoms. The molecule has 2 N–H and O–H groups in total. The summed E-state index contributed by atoms with van der Waals surface area (Å²) in [5.41, 5.74) is 0. The van der Waals surface area contributed by atoms with Gasteiger partial charge < -0.3 is 0 Å². The van der Waals surface area contributed by atoms with E-state index in [0.717, 1.165) is 0 Å². The third kappa shape index (κ3) is 82.7. The Morgan fingerprint density at radius 3 is 1.17 bits per heavy atom. The average molecular weight is 346 g/mol. The van der Waals surface area contributed by atoms with Gasteiger partial charge in [-0.25, -0.2) is 0 Å². The summed E-state index contributed by atoms with van der Waals surface area (Å²) in [4.78, 5) is 0. The first-order chi connectivity index (χ1) is 2.00. The normalized spacial score (nSPS) is 9.67. The van der Waals surface area contributed by atoms with Crippen LogP contribution in [0.3, 0.4) is 0 Å². The van der Waals surface area contributed by atoms with Crippen LogP contribution in [0.1, 0.15) is 0 Å². The predicted octanol–water partition coefficient (Wildman–Crippen LogP) is -1.73. The van der Waals surface area contributed by atoms with E-state index in [0.29, 0.717) is 0 Å². The molecule has 0 fully saturated rings. The monoisotopic (exact) mass is 348 g/mol. The van der Waals surface area contributed by atoms with Crippen molar-refractivity contribution in [3.8, 4) is 0 Å². The Kier molecular flexibility index (Phi) is 5.10. The van der Waals surface area contributed by atoms with Gasteiger partial charge in [-0.2, -0.15) is 0 Å². The van der Waals surface area contributed by atoms with Gasteiger partial charge >= 0.3 is 29.4 Å². The van der Waals surface area contributed by atoms with E-state index in [1.54, 1.807) is 0 Å². The predicted molar refractivity (Wildman–Crippen MR) is 11.6 cm³/mol. The molecule has 0 aliphatic heterocycles. The van der Waals surface area contributed by atoms with Crippen LogP contribution < -0.4 is 0 Å². The van der Waals surface area contributed by atoms with Crippen LogP contribution in [0.2, 0.25) is 0 Å². The van der Waals surface area contributed by atoms with Crippen molar-refractivity contribution in [1.82, 2.24) is 0 Å². The van der Waals surface area contributed by atoms with Crippen LogP contribution in [0.15, 0.2) is 0 Å². The number of hydrogen-bond donors (Lipinski definition) is 2. The quantitative estimate of drug-likeness (QED) is 0.512. The van der Waals surface area contributed by atoms with Crippen LogP contribution in [0.5, 0.6) is 0 Å². The molecule has 0 unspecified atom stereocenters. The Morgan fingerprint density at radius 1 is 1.17 bits per heavy atom. The second kappa shape index (κ2) is 3.04. The van der Waals surface area contributed by atoms with Crippen LogP contribution in [0, 0.1) is 0 Å². The Labute approximate surface area is 57.0 Å². The van der Waals surface area contributed by atoms with Gasteiger partial charge in [-0.3, -0.25) is 0 Å². The molecule has 0 aliphatic rings. The van der Waals surface area contributed by atoms with E-state index in [-0.39, 0.29) is 27.7 Å². The van der Waals surface area contributed by atoms with E-state index in [4.69, 9.17) is 16.0 Å². The zero-order valence-corrected chi connectivity index (χ0v) is 10.0. The second-order valence-corrected chi connectivity index (χ2v) is 2.33. The fourth-order valence-corrected chi connectivity index (χ4v) is 0. The topological polar surface area (TPSA) is 74.6 Å². The molecule has 0 radical (unpaired) electrons. The van der Waals surface area contributed by atoms with Crippen molar-refractivity contribution in [1.29, 1.82) is 0 Å². The zero-order chi connectivity index (χ0) is 4.50. The maximum atomic E-state index is 8.82. The van der Waals surface area contributed by atoms with Crippen molar-refractivity contribution >= 4 is 13.4 Å². The fourth-order valence-electron chi connectivity index (χ4n) is 0. The van der Waals surface area contributed by atoms with Gasteiger partial charge in [-0.15, -0.1) is 0 Å². The zero-order valence-electron chi connectivity index (χ0n) is 2.83. The second-order valence-electron chi connectivity index (χ2n) is 0.448. The van der Waals surface area contributed by atoms with Crippen LogP contribution >= 0.6 is 0 Å². The first-order valence-corrected chi connectivity index (χ1v) is 3.63. The van der Waals surface area contributed by atoms with Gasteiger partial charge in [-0.1, -0.05) is 0 Å². The summed E-state index contributed by atoms with van der Waals surface area (Å²) in [5, 5.41) is 0. The van der Waals surface area contributed by atoms with Gasteiger partial charge in [0.2, 0.25) is 0 Å². The molecule has 0 saturated heterocycles. The van der Waals surface area contributed by atoms with Gasteiger partial charge in [0.1, 0.15) is 0 Å². The van der Waals surface area contributed by atoms with Crippen molar-refractivity contribution < 1.29 is 43.7 Å². The molecule has 6 heteroatoms.